The van der Waals surface area contributed by atoms with E-state index in [9.17, 15) is 0 Å². The van der Waals surface area contributed by atoms with Gasteiger partial charge in [0.2, 0.25) is 0 Å². The summed E-state index contributed by atoms with van der Waals surface area (Å²) in [5.41, 5.74) is 0. The third kappa shape index (κ3) is 7.60. The molecule has 0 aliphatic heterocycles. The van der Waals surface area contributed by atoms with Gasteiger partial charge >= 0.3 is 0 Å². The Morgan fingerprint density at radius 2 is 2.09 bits per heavy atom. The van der Waals surface area contributed by atoms with Crippen LogP contribution in [0, 0.1) is 6.58 Å². The van der Waals surface area contributed by atoms with Crippen LogP contribution in [-0.4, -0.2) is 13.1 Å². The monoisotopic (exact) mass is 154 g/mol. The van der Waals surface area contributed by atoms with Crippen LogP contribution in [0.25, 0.3) is 0 Å². The van der Waals surface area contributed by atoms with Crippen molar-refractivity contribution in [3.8, 4) is 0 Å². The molecule has 1 radical (unpaired) electrons. The summed E-state index contributed by atoms with van der Waals surface area (Å²) < 4.78 is 0. The molecule has 0 fully saturated rings. The molecule has 0 aromatic heterocycles. The molecule has 0 aromatic carbocycles. The molecule has 1 N–H and O–H groups in total. The molecule has 0 saturated carbocycles. The zero-order valence-electron chi connectivity index (χ0n) is 7.77. The normalized spacial score (nSPS) is 12.9. The molecule has 1 nitrogen and oxygen atoms in total. The number of hydrogen-bond donors (Lipinski definition) is 1. The molecule has 0 aliphatic rings. The first kappa shape index (κ1) is 10.7. The molecule has 0 heterocycles. The molecular formula is C10H20N. The largest absolute Gasteiger partial charge is 0.317 e. The number of allylic oxidation sites excluding steroid dienone is 1. The van der Waals surface area contributed by atoms with E-state index in [0.717, 1.165) is 6.42 Å². The predicted molar refractivity (Wildman–Crippen MR) is 50.5 cm³/mol. The molecule has 0 rings (SSSR count). The summed E-state index contributed by atoms with van der Waals surface area (Å²) in [5.74, 6) is 0. The van der Waals surface area contributed by atoms with Crippen LogP contribution in [0.2, 0.25) is 0 Å². The SMILES string of the molecule is [CH]=CCCCCCC(C)NC. The maximum Gasteiger partial charge on any atom is 0.00357 e. The predicted octanol–water partition coefficient (Wildman–Crippen LogP) is 2.53. The Kier molecular flexibility index (Phi) is 7.59. The van der Waals surface area contributed by atoms with Crippen molar-refractivity contribution in [2.75, 3.05) is 7.05 Å². The minimum atomic E-state index is 0.664. The minimum Gasteiger partial charge on any atom is -0.317 e. The second kappa shape index (κ2) is 7.80. The maximum absolute atomic E-state index is 5.26. The Labute approximate surface area is 70.9 Å². The molecule has 0 spiro atoms. The maximum atomic E-state index is 5.26. The van der Waals surface area contributed by atoms with Crippen molar-refractivity contribution in [1.29, 1.82) is 0 Å². The lowest BCUT2D eigenvalue weighted by Gasteiger charge is -2.08. The van der Waals surface area contributed by atoms with Crippen molar-refractivity contribution in [3.05, 3.63) is 12.7 Å². The second-order valence-corrected chi connectivity index (χ2v) is 3.06. The Bertz CT molecular complexity index is 88.9. The van der Waals surface area contributed by atoms with Gasteiger partial charge in [0.05, 0.1) is 0 Å². The highest BCUT2D eigenvalue weighted by molar-refractivity contribution is 4.63. The fourth-order valence-electron chi connectivity index (χ4n) is 1.03. The minimum absolute atomic E-state index is 0.664. The van der Waals surface area contributed by atoms with Crippen LogP contribution in [0.5, 0.6) is 0 Å². The van der Waals surface area contributed by atoms with E-state index in [0.29, 0.717) is 6.04 Å². The van der Waals surface area contributed by atoms with Gasteiger partial charge in [-0.3, -0.25) is 0 Å². The van der Waals surface area contributed by atoms with Crippen molar-refractivity contribution >= 4 is 0 Å². The van der Waals surface area contributed by atoms with E-state index in [4.69, 9.17) is 6.58 Å². The van der Waals surface area contributed by atoms with E-state index in [1.807, 2.05) is 7.05 Å². The van der Waals surface area contributed by atoms with Crippen molar-refractivity contribution in [2.24, 2.45) is 0 Å². The van der Waals surface area contributed by atoms with Crippen LogP contribution in [-0.2, 0) is 0 Å². The standard InChI is InChI=1S/C10H20N/c1-4-5-6-7-8-9-10(2)11-3/h1,4,10-11H,5-9H2,2-3H3. The quantitative estimate of drug-likeness (QED) is 0.556. The Morgan fingerprint density at radius 3 is 2.64 bits per heavy atom. The Balaban J connectivity index is 2.95. The van der Waals surface area contributed by atoms with Crippen molar-refractivity contribution in [3.63, 3.8) is 0 Å². The van der Waals surface area contributed by atoms with E-state index in [1.54, 1.807) is 6.08 Å². The zero-order valence-corrected chi connectivity index (χ0v) is 7.77. The van der Waals surface area contributed by atoms with Gasteiger partial charge in [0.15, 0.2) is 0 Å². The second-order valence-electron chi connectivity index (χ2n) is 3.06. The smallest absolute Gasteiger partial charge is 0.00357 e. The molecule has 1 unspecified atom stereocenters. The fourth-order valence-corrected chi connectivity index (χ4v) is 1.03. The van der Waals surface area contributed by atoms with Crippen LogP contribution in [0.3, 0.4) is 0 Å². The van der Waals surface area contributed by atoms with Gasteiger partial charge in [0.1, 0.15) is 0 Å². The number of hydrogen-bond acceptors (Lipinski definition) is 1. The molecule has 0 aromatic rings. The van der Waals surface area contributed by atoms with Crippen LogP contribution in [0.15, 0.2) is 6.08 Å². The molecule has 11 heavy (non-hydrogen) atoms. The van der Waals surface area contributed by atoms with Gasteiger partial charge in [0, 0.05) is 6.04 Å². The van der Waals surface area contributed by atoms with Crippen LogP contribution < -0.4 is 5.32 Å². The first-order valence-electron chi connectivity index (χ1n) is 4.52. The Morgan fingerprint density at radius 1 is 1.36 bits per heavy atom. The zero-order chi connectivity index (χ0) is 8.53. The summed E-state index contributed by atoms with van der Waals surface area (Å²) in [7, 11) is 2.01. The van der Waals surface area contributed by atoms with Crippen molar-refractivity contribution in [1.82, 2.24) is 5.32 Å². The summed E-state index contributed by atoms with van der Waals surface area (Å²) in [6.45, 7) is 7.48. The highest BCUT2D eigenvalue weighted by Crippen LogP contribution is 2.05. The van der Waals surface area contributed by atoms with Crippen LogP contribution in [0.1, 0.15) is 39.0 Å². The van der Waals surface area contributed by atoms with E-state index in [1.165, 1.54) is 25.7 Å². The summed E-state index contributed by atoms with van der Waals surface area (Å²) in [6.07, 6.45) is 7.96. The number of nitrogens with one attached hydrogen (secondary N) is 1. The van der Waals surface area contributed by atoms with Crippen LogP contribution >= 0.6 is 0 Å². The van der Waals surface area contributed by atoms with Gasteiger partial charge in [-0.1, -0.05) is 25.5 Å². The molecular weight excluding hydrogens is 134 g/mol. The first-order valence-corrected chi connectivity index (χ1v) is 4.52. The topological polar surface area (TPSA) is 12.0 Å². The molecule has 0 saturated heterocycles. The van der Waals surface area contributed by atoms with E-state index >= 15 is 0 Å². The van der Waals surface area contributed by atoms with Gasteiger partial charge < -0.3 is 5.32 Å². The summed E-state index contributed by atoms with van der Waals surface area (Å²) in [6, 6.07) is 0.664. The molecule has 0 bridgehead atoms. The molecule has 1 atom stereocenters. The van der Waals surface area contributed by atoms with E-state index in [2.05, 4.69) is 12.2 Å². The van der Waals surface area contributed by atoms with Crippen molar-refractivity contribution in [2.45, 2.75) is 45.1 Å². The first-order chi connectivity index (χ1) is 5.31. The van der Waals surface area contributed by atoms with Gasteiger partial charge in [-0.15, -0.1) is 0 Å². The lowest BCUT2D eigenvalue weighted by Crippen LogP contribution is -2.20. The highest BCUT2D eigenvalue weighted by atomic mass is 14.8. The number of unbranched alkanes of at least 4 members (excludes halogenated alkanes) is 3. The molecule has 0 aliphatic carbocycles. The van der Waals surface area contributed by atoms with Crippen LogP contribution in [0.4, 0.5) is 0 Å². The summed E-state index contributed by atoms with van der Waals surface area (Å²) in [4.78, 5) is 0. The van der Waals surface area contributed by atoms with E-state index in [-0.39, 0.29) is 0 Å². The average Bonchev–Trinajstić information content (AvgIpc) is 2.04. The lowest BCUT2D eigenvalue weighted by molar-refractivity contribution is 0.521. The Hall–Kier alpha value is -0.300. The third-order valence-corrected chi connectivity index (χ3v) is 2.00. The van der Waals surface area contributed by atoms with Gasteiger partial charge in [-0.25, -0.2) is 0 Å². The molecule has 1 heteroatoms. The molecule has 0 amide bonds. The van der Waals surface area contributed by atoms with Crippen molar-refractivity contribution < 1.29 is 0 Å². The van der Waals surface area contributed by atoms with E-state index < -0.39 is 0 Å². The fraction of sp³-hybridized carbons (Fsp3) is 0.800. The van der Waals surface area contributed by atoms with Gasteiger partial charge in [0.25, 0.3) is 0 Å². The molecule has 65 valence electrons. The third-order valence-electron chi connectivity index (χ3n) is 2.00. The number of rotatable bonds is 7. The van der Waals surface area contributed by atoms with Gasteiger partial charge in [-0.05, 0) is 33.2 Å². The average molecular weight is 154 g/mol. The highest BCUT2D eigenvalue weighted by Gasteiger charge is 1.95. The summed E-state index contributed by atoms with van der Waals surface area (Å²) in [5, 5.41) is 3.22. The lowest BCUT2D eigenvalue weighted by atomic mass is 10.1. The summed E-state index contributed by atoms with van der Waals surface area (Å²) >= 11 is 0. The van der Waals surface area contributed by atoms with Gasteiger partial charge in [-0.2, -0.15) is 0 Å².